The monoisotopic (exact) mass is 333 g/mol. The second-order valence-corrected chi connectivity index (χ2v) is 6.19. The zero-order valence-corrected chi connectivity index (χ0v) is 13.7. The zero-order valence-electron chi connectivity index (χ0n) is 12.9. The molecule has 0 bridgehead atoms. The Hall–Kier alpha value is -1.71. The Morgan fingerprint density at radius 3 is 2.32 bits per heavy atom. The maximum absolute atomic E-state index is 12.1. The van der Waals surface area contributed by atoms with Crippen LogP contribution in [0.3, 0.4) is 0 Å². The standard InChI is InChI=1S/C13H23N3O5S/c1-5-7-10(17)15-11(9(4)22(19,20)21)13(18)16-12(14)8(3)6-2/h6,11-12H,4-5,7,14H2,1-3H3,(H,15,17)(H,16,18)(H,19,20,21)/b8-6+/t11-,12?/m0/s1. The Bertz CT molecular complexity index is 568. The number of carbonyl (C=O) groups excluding carboxylic acids is 2. The molecule has 0 heterocycles. The van der Waals surface area contributed by atoms with E-state index in [9.17, 15) is 18.0 Å². The molecule has 2 atom stereocenters. The van der Waals surface area contributed by atoms with E-state index in [1.807, 2.05) is 0 Å². The second kappa shape index (κ2) is 8.66. The Morgan fingerprint density at radius 1 is 1.36 bits per heavy atom. The van der Waals surface area contributed by atoms with E-state index in [4.69, 9.17) is 10.3 Å². The molecule has 9 heteroatoms. The highest BCUT2D eigenvalue weighted by molar-refractivity contribution is 7.89. The molecule has 0 aliphatic heterocycles. The maximum Gasteiger partial charge on any atom is 0.292 e. The van der Waals surface area contributed by atoms with Crippen molar-refractivity contribution >= 4 is 21.9 Å². The summed E-state index contributed by atoms with van der Waals surface area (Å²) in [5, 5.41) is 4.57. The number of amides is 2. The molecule has 0 aromatic rings. The summed E-state index contributed by atoms with van der Waals surface area (Å²) in [6.45, 7) is 8.31. The van der Waals surface area contributed by atoms with Gasteiger partial charge in [0.05, 0.1) is 11.1 Å². The van der Waals surface area contributed by atoms with E-state index in [-0.39, 0.29) is 6.42 Å². The number of carbonyl (C=O) groups is 2. The minimum absolute atomic E-state index is 0.0997. The molecule has 126 valence electrons. The van der Waals surface area contributed by atoms with Crippen molar-refractivity contribution in [2.45, 2.75) is 45.8 Å². The lowest BCUT2D eigenvalue weighted by molar-refractivity contribution is -0.128. The van der Waals surface area contributed by atoms with Crippen LogP contribution in [0.5, 0.6) is 0 Å². The van der Waals surface area contributed by atoms with Crippen molar-refractivity contribution in [1.82, 2.24) is 10.6 Å². The van der Waals surface area contributed by atoms with Crippen LogP contribution in [0.25, 0.3) is 0 Å². The number of hydrogen-bond donors (Lipinski definition) is 4. The summed E-state index contributed by atoms with van der Waals surface area (Å²) in [5.74, 6) is -1.41. The largest absolute Gasteiger partial charge is 0.340 e. The van der Waals surface area contributed by atoms with Crippen molar-refractivity contribution in [3.8, 4) is 0 Å². The van der Waals surface area contributed by atoms with Crippen LogP contribution in [0, 0.1) is 0 Å². The summed E-state index contributed by atoms with van der Waals surface area (Å²) >= 11 is 0. The number of allylic oxidation sites excluding steroid dienone is 1. The van der Waals surface area contributed by atoms with E-state index in [0.717, 1.165) is 0 Å². The van der Waals surface area contributed by atoms with Gasteiger partial charge in [0.25, 0.3) is 10.1 Å². The predicted molar refractivity (Wildman–Crippen MR) is 83.1 cm³/mol. The molecule has 0 aromatic carbocycles. The topological polar surface area (TPSA) is 139 Å². The molecule has 0 aliphatic carbocycles. The smallest absolute Gasteiger partial charge is 0.292 e. The van der Waals surface area contributed by atoms with Gasteiger partial charge in [-0.15, -0.1) is 0 Å². The van der Waals surface area contributed by atoms with Crippen molar-refractivity contribution in [1.29, 1.82) is 0 Å². The molecule has 0 saturated heterocycles. The maximum atomic E-state index is 12.1. The van der Waals surface area contributed by atoms with Crippen LogP contribution < -0.4 is 16.4 Å². The first-order valence-electron chi connectivity index (χ1n) is 6.69. The van der Waals surface area contributed by atoms with E-state index in [0.29, 0.717) is 12.0 Å². The van der Waals surface area contributed by atoms with E-state index < -0.39 is 39.0 Å². The quantitative estimate of drug-likeness (QED) is 0.281. The number of nitrogens with one attached hydrogen (secondary N) is 2. The lowest BCUT2D eigenvalue weighted by atomic mass is 10.2. The molecular weight excluding hydrogens is 310 g/mol. The first-order valence-corrected chi connectivity index (χ1v) is 8.13. The van der Waals surface area contributed by atoms with Gasteiger partial charge < -0.3 is 16.4 Å². The van der Waals surface area contributed by atoms with Crippen molar-refractivity contribution in [2.75, 3.05) is 0 Å². The summed E-state index contributed by atoms with van der Waals surface area (Å²) in [6.07, 6.45) is 1.43. The fourth-order valence-corrected chi connectivity index (χ4v) is 1.90. The van der Waals surface area contributed by atoms with Gasteiger partial charge in [0.2, 0.25) is 11.8 Å². The van der Waals surface area contributed by atoms with Crippen LogP contribution in [0.1, 0.15) is 33.6 Å². The van der Waals surface area contributed by atoms with E-state index in [1.165, 1.54) is 0 Å². The first-order chi connectivity index (χ1) is 10.0. The van der Waals surface area contributed by atoms with Crippen molar-refractivity contribution < 1.29 is 22.6 Å². The zero-order chi connectivity index (χ0) is 17.5. The molecule has 2 amide bonds. The molecule has 22 heavy (non-hydrogen) atoms. The predicted octanol–water partition coefficient (Wildman–Crippen LogP) is 0.0400. The van der Waals surface area contributed by atoms with Crippen LogP contribution in [0.4, 0.5) is 0 Å². The number of rotatable bonds is 8. The van der Waals surface area contributed by atoms with Gasteiger partial charge in [-0.3, -0.25) is 14.1 Å². The van der Waals surface area contributed by atoms with Gasteiger partial charge in [-0.25, -0.2) is 0 Å². The van der Waals surface area contributed by atoms with Gasteiger partial charge in [0.1, 0.15) is 6.04 Å². The highest BCUT2D eigenvalue weighted by atomic mass is 32.2. The summed E-state index contributed by atoms with van der Waals surface area (Å²) in [4.78, 5) is 22.9. The average Bonchev–Trinajstić information content (AvgIpc) is 2.42. The lowest BCUT2D eigenvalue weighted by Crippen LogP contribution is -2.53. The normalized spacial score (nSPS) is 14.9. The summed E-state index contributed by atoms with van der Waals surface area (Å²) < 4.78 is 31.4. The molecule has 1 unspecified atom stereocenters. The second-order valence-electron chi connectivity index (χ2n) is 4.71. The Balaban J connectivity index is 5.27. The Kier molecular flexibility index (Phi) is 7.99. The van der Waals surface area contributed by atoms with Crippen LogP contribution in [0.15, 0.2) is 23.1 Å². The van der Waals surface area contributed by atoms with E-state index in [2.05, 4.69) is 17.2 Å². The van der Waals surface area contributed by atoms with Gasteiger partial charge in [0.15, 0.2) is 0 Å². The summed E-state index contributed by atoms with van der Waals surface area (Å²) in [6, 6.07) is -1.62. The van der Waals surface area contributed by atoms with Crippen LogP contribution in [0.2, 0.25) is 0 Å². The first kappa shape index (κ1) is 20.3. The molecule has 0 spiro atoms. The van der Waals surface area contributed by atoms with E-state index >= 15 is 0 Å². The van der Waals surface area contributed by atoms with Gasteiger partial charge in [-0.2, -0.15) is 8.42 Å². The van der Waals surface area contributed by atoms with E-state index in [1.54, 1.807) is 26.8 Å². The van der Waals surface area contributed by atoms with Gasteiger partial charge in [-0.05, 0) is 25.8 Å². The molecule has 8 nitrogen and oxygen atoms in total. The van der Waals surface area contributed by atoms with Crippen LogP contribution in [-0.2, 0) is 19.7 Å². The minimum atomic E-state index is -4.69. The van der Waals surface area contributed by atoms with Gasteiger partial charge >= 0.3 is 0 Å². The Labute approximate surface area is 130 Å². The van der Waals surface area contributed by atoms with Crippen LogP contribution >= 0.6 is 0 Å². The lowest BCUT2D eigenvalue weighted by Gasteiger charge is -2.22. The number of hydrogen-bond acceptors (Lipinski definition) is 5. The summed E-state index contributed by atoms with van der Waals surface area (Å²) in [7, 11) is -4.69. The molecule has 0 radical (unpaired) electrons. The highest BCUT2D eigenvalue weighted by Crippen LogP contribution is 2.09. The molecule has 0 saturated carbocycles. The third-order valence-corrected chi connectivity index (χ3v) is 3.84. The fourth-order valence-electron chi connectivity index (χ4n) is 1.43. The van der Waals surface area contributed by atoms with Gasteiger partial charge in [-0.1, -0.05) is 19.6 Å². The molecule has 0 aromatic heterocycles. The third kappa shape index (κ3) is 6.37. The molecular formula is C13H23N3O5S. The van der Waals surface area contributed by atoms with Gasteiger partial charge in [0, 0.05) is 6.42 Å². The molecule has 0 aliphatic rings. The molecule has 0 fully saturated rings. The SMILES string of the molecule is C=C([C@H](NC(=O)CCC)C(=O)NC(N)/C(C)=C/C)S(=O)(=O)O. The fraction of sp³-hybridized carbons (Fsp3) is 0.538. The molecule has 5 N–H and O–H groups in total. The van der Waals surface area contributed by atoms with Crippen molar-refractivity contribution in [3.63, 3.8) is 0 Å². The summed E-state index contributed by atoms with van der Waals surface area (Å²) in [5.41, 5.74) is 6.35. The Morgan fingerprint density at radius 2 is 1.91 bits per heavy atom. The average molecular weight is 333 g/mol. The van der Waals surface area contributed by atoms with Crippen molar-refractivity contribution in [3.05, 3.63) is 23.1 Å². The van der Waals surface area contributed by atoms with Crippen molar-refractivity contribution in [2.24, 2.45) is 5.73 Å². The highest BCUT2D eigenvalue weighted by Gasteiger charge is 2.31. The molecule has 0 rings (SSSR count). The number of nitrogens with two attached hydrogens (primary N) is 1. The third-order valence-electron chi connectivity index (χ3n) is 2.94. The minimum Gasteiger partial charge on any atom is -0.340 e. The van der Waals surface area contributed by atoms with Crippen LogP contribution in [-0.4, -0.2) is 37.0 Å².